The van der Waals surface area contributed by atoms with E-state index in [-0.39, 0.29) is 11.4 Å². The van der Waals surface area contributed by atoms with Crippen LogP contribution < -0.4 is 4.90 Å². The Balaban J connectivity index is 2.00. The molecule has 1 aromatic carbocycles. The number of nitrogens with zero attached hydrogens (tertiary/aromatic N) is 6. The molecule has 1 atom stereocenters. The van der Waals surface area contributed by atoms with Crippen molar-refractivity contribution in [3.05, 3.63) is 40.1 Å². The molecule has 0 bridgehead atoms. The molecule has 1 saturated heterocycles. The molecule has 1 aromatic heterocycles. The van der Waals surface area contributed by atoms with E-state index in [2.05, 4.69) is 28.1 Å². The second kappa shape index (κ2) is 6.66. The summed E-state index contributed by atoms with van der Waals surface area (Å²) in [5.41, 5.74) is 0.688. The Morgan fingerprint density at radius 2 is 2.25 bits per heavy atom. The molecule has 2 aromatic rings. The van der Waals surface area contributed by atoms with E-state index in [4.69, 9.17) is 0 Å². The first kappa shape index (κ1) is 15.9. The van der Waals surface area contributed by atoms with Crippen LogP contribution in [-0.2, 0) is 0 Å². The van der Waals surface area contributed by atoms with Gasteiger partial charge in [0, 0.05) is 24.7 Å². The summed E-state index contributed by atoms with van der Waals surface area (Å²) in [7, 11) is 0. The summed E-state index contributed by atoms with van der Waals surface area (Å²) < 4.78 is 0. The van der Waals surface area contributed by atoms with Gasteiger partial charge in [-0.05, 0) is 31.7 Å². The topological polar surface area (TPSA) is 101 Å². The Hall–Kier alpha value is -2.95. The summed E-state index contributed by atoms with van der Waals surface area (Å²) in [5.74, 6) is 0.565. The Labute approximate surface area is 139 Å². The van der Waals surface area contributed by atoms with Crippen LogP contribution in [0.2, 0.25) is 0 Å². The molecule has 0 saturated carbocycles. The van der Waals surface area contributed by atoms with Gasteiger partial charge in [0.2, 0.25) is 5.69 Å². The number of piperidine rings is 1. The van der Waals surface area contributed by atoms with Crippen LogP contribution in [0.5, 0.6) is 0 Å². The number of non-ortho nitro benzene ring substituents is 1. The van der Waals surface area contributed by atoms with Crippen molar-refractivity contribution in [1.82, 2.24) is 15.0 Å². The Morgan fingerprint density at radius 1 is 1.42 bits per heavy atom. The molecular weight excluding hydrogens is 308 g/mol. The predicted molar refractivity (Wildman–Crippen MR) is 88.0 cm³/mol. The zero-order valence-electron chi connectivity index (χ0n) is 13.4. The average Bonchev–Trinajstić information content (AvgIpc) is 3.06. The standard InChI is InChI=1S/C16H18N6O2/c1-2-12-6-3-4-9-20(12)16-15(11-17)18-21(19-16)13-7-5-8-14(10-13)22(23)24/h5,7-8,10,12H,2-4,6,9H2,1H3/t12-/m0/s1. The van der Waals surface area contributed by atoms with E-state index in [1.807, 2.05) is 0 Å². The maximum absolute atomic E-state index is 10.9. The number of nitro benzene ring substituents is 1. The first-order chi connectivity index (χ1) is 11.6. The van der Waals surface area contributed by atoms with E-state index in [0.29, 0.717) is 17.5 Å². The number of benzene rings is 1. The van der Waals surface area contributed by atoms with Crippen LogP contribution in [0.25, 0.3) is 5.69 Å². The van der Waals surface area contributed by atoms with Gasteiger partial charge >= 0.3 is 0 Å². The summed E-state index contributed by atoms with van der Waals surface area (Å²) in [6.07, 6.45) is 4.29. The SMILES string of the molecule is CC[C@H]1CCCCN1c1nn(-c2cccc([N+](=O)[O-])c2)nc1C#N. The van der Waals surface area contributed by atoms with Crippen molar-refractivity contribution in [2.45, 2.75) is 38.6 Å². The van der Waals surface area contributed by atoms with E-state index in [1.54, 1.807) is 12.1 Å². The second-order valence-electron chi connectivity index (χ2n) is 5.80. The predicted octanol–water partition coefficient (Wildman–Crippen LogP) is 2.82. The lowest BCUT2D eigenvalue weighted by molar-refractivity contribution is -0.384. The highest BCUT2D eigenvalue weighted by Crippen LogP contribution is 2.27. The highest BCUT2D eigenvalue weighted by Gasteiger charge is 2.27. The summed E-state index contributed by atoms with van der Waals surface area (Å²) in [6.45, 7) is 2.97. The summed E-state index contributed by atoms with van der Waals surface area (Å²) in [6, 6.07) is 8.53. The van der Waals surface area contributed by atoms with Crippen molar-refractivity contribution in [1.29, 1.82) is 5.26 Å². The maximum atomic E-state index is 10.9. The van der Waals surface area contributed by atoms with Crippen LogP contribution in [0, 0.1) is 21.4 Å². The van der Waals surface area contributed by atoms with Gasteiger partial charge in [-0.2, -0.15) is 5.26 Å². The molecule has 8 heteroatoms. The quantitative estimate of drug-likeness (QED) is 0.632. The molecule has 0 spiro atoms. The largest absolute Gasteiger partial charge is 0.350 e. The van der Waals surface area contributed by atoms with Crippen LogP contribution >= 0.6 is 0 Å². The molecule has 0 N–H and O–H groups in total. The summed E-state index contributed by atoms with van der Waals surface area (Å²) >= 11 is 0. The molecule has 1 aliphatic rings. The molecule has 0 unspecified atom stereocenters. The minimum atomic E-state index is -0.461. The molecule has 3 rings (SSSR count). The number of nitro groups is 1. The second-order valence-corrected chi connectivity index (χ2v) is 5.80. The minimum absolute atomic E-state index is 0.0331. The van der Waals surface area contributed by atoms with E-state index in [0.717, 1.165) is 25.8 Å². The minimum Gasteiger partial charge on any atom is -0.350 e. The zero-order chi connectivity index (χ0) is 17.1. The molecule has 0 amide bonds. The highest BCUT2D eigenvalue weighted by atomic mass is 16.6. The van der Waals surface area contributed by atoms with Gasteiger partial charge in [0.15, 0.2) is 5.82 Å². The third-order valence-corrected chi connectivity index (χ3v) is 4.34. The van der Waals surface area contributed by atoms with Crippen molar-refractivity contribution in [2.75, 3.05) is 11.4 Å². The van der Waals surface area contributed by atoms with Gasteiger partial charge in [0.25, 0.3) is 5.69 Å². The Morgan fingerprint density at radius 3 is 2.96 bits per heavy atom. The molecule has 1 aliphatic heterocycles. The molecule has 124 valence electrons. The number of anilines is 1. The van der Waals surface area contributed by atoms with Crippen LogP contribution in [0.4, 0.5) is 11.5 Å². The van der Waals surface area contributed by atoms with Gasteiger partial charge in [0.05, 0.1) is 10.6 Å². The summed E-state index contributed by atoms with van der Waals surface area (Å²) in [4.78, 5) is 13.9. The highest BCUT2D eigenvalue weighted by molar-refractivity contribution is 5.52. The third kappa shape index (κ3) is 2.93. The molecule has 1 fully saturated rings. The number of rotatable bonds is 4. The van der Waals surface area contributed by atoms with Crippen LogP contribution in [0.3, 0.4) is 0 Å². The Kier molecular flexibility index (Phi) is 4.42. The van der Waals surface area contributed by atoms with Crippen molar-refractivity contribution >= 4 is 11.5 Å². The molecule has 0 aliphatic carbocycles. The van der Waals surface area contributed by atoms with Gasteiger partial charge in [-0.3, -0.25) is 10.1 Å². The smallest absolute Gasteiger partial charge is 0.271 e. The van der Waals surface area contributed by atoms with E-state index >= 15 is 0 Å². The number of aromatic nitrogens is 3. The normalized spacial score (nSPS) is 17.5. The van der Waals surface area contributed by atoms with Crippen molar-refractivity contribution in [3.63, 3.8) is 0 Å². The van der Waals surface area contributed by atoms with Crippen molar-refractivity contribution < 1.29 is 4.92 Å². The van der Waals surface area contributed by atoms with Gasteiger partial charge in [-0.25, -0.2) is 0 Å². The fraction of sp³-hybridized carbons (Fsp3) is 0.438. The fourth-order valence-electron chi connectivity index (χ4n) is 3.12. The van der Waals surface area contributed by atoms with Gasteiger partial charge in [0.1, 0.15) is 6.07 Å². The number of nitriles is 1. The summed E-state index contributed by atoms with van der Waals surface area (Å²) in [5, 5.41) is 29.0. The van der Waals surface area contributed by atoms with Gasteiger partial charge < -0.3 is 4.90 Å². The Bertz CT molecular complexity index is 794. The van der Waals surface area contributed by atoms with Crippen LogP contribution in [0.1, 0.15) is 38.3 Å². The molecule has 24 heavy (non-hydrogen) atoms. The van der Waals surface area contributed by atoms with Gasteiger partial charge in [-0.1, -0.05) is 13.0 Å². The lowest BCUT2D eigenvalue weighted by atomic mass is 10.00. The van der Waals surface area contributed by atoms with Crippen LogP contribution in [0.15, 0.2) is 24.3 Å². The maximum Gasteiger partial charge on any atom is 0.271 e. The lowest BCUT2D eigenvalue weighted by Gasteiger charge is -2.35. The van der Waals surface area contributed by atoms with E-state index in [1.165, 1.54) is 23.4 Å². The first-order valence-corrected chi connectivity index (χ1v) is 8.03. The fourth-order valence-corrected chi connectivity index (χ4v) is 3.12. The molecule has 2 heterocycles. The number of hydrogen-bond acceptors (Lipinski definition) is 6. The number of hydrogen-bond donors (Lipinski definition) is 0. The van der Waals surface area contributed by atoms with E-state index in [9.17, 15) is 15.4 Å². The third-order valence-electron chi connectivity index (χ3n) is 4.34. The van der Waals surface area contributed by atoms with Gasteiger partial charge in [-0.15, -0.1) is 15.0 Å². The molecule has 8 nitrogen and oxygen atoms in total. The van der Waals surface area contributed by atoms with Crippen LogP contribution in [-0.4, -0.2) is 32.5 Å². The average molecular weight is 326 g/mol. The molecular formula is C16H18N6O2. The zero-order valence-corrected chi connectivity index (χ0v) is 13.4. The van der Waals surface area contributed by atoms with Crippen molar-refractivity contribution in [2.24, 2.45) is 0 Å². The monoisotopic (exact) mass is 326 g/mol. The molecule has 0 radical (unpaired) electrons. The lowest BCUT2D eigenvalue weighted by Crippen LogP contribution is -2.39. The first-order valence-electron chi connectivity index (χ1n) is 8.03. The van der Waals surface area contributed by atoms with Crippen molar-refractivity contribution in [3.8, 4) is 11.8 Å². The van der Waals surface area contributed by atoms with E-state index < -0.39 is 4.92 Å².